The summed E-state index contributed by atoms with van der Waals surface area (Å²) < 4.78 is 2.18. The SMILES string of the molecule is C[n+]1sc(-c2ccccc2)cc1Sc1ccccc1Cl. The number of aromatic nitrogens is 1. The van der Waals surface area contributed by atoms with Gasteiger partial charge in [-0.3, -0.25) is 0 Å². The minimum absolute atomic E-state index is 0.796. The molecule has 20 heavy (non-hydrogen) atoms. The number of nitrogens with zero attached hydrogens (tertiary/aromatic N) is 1. The first-order valence-corrected chi connectivity index (χ1v) is 8.19. The van der Waals surface area contributed by atoms with Gasteiger partial charge in [-0.25, -0.2) is 0 Å². The highest BCUT2D eigenvalue weighted by molar-refractivity contribution is 7.99. The third kappa shape index (κ3) is 2.90. The predicted octanol–water partition coefficient (Wildman–Crippen LogP) is 5.04. The summed E-state index contributed by atoms with van der Waals surface area (Å²) in [7, 11) is 2.08. The molecule has 100 valence electrons. The van der Waals surface area contributed by atoms with Crippen LogP contribution in [0.2, 0.25) is 5.02 Å². The van der Waals surface area contributed by atoms with Crippen LogP contribution in [0.1, 0.15) is 0 Å². The Morgan fingerprint density at radius 1 is 1.00 bits per heavy atom. The summed E-state index contributed by atoms with van der Waals surface area (Å²) in [6.07, 6.45) is 0. The minimum Gasteiger partial charge on any atom is -0.130 e. The van der Waals surface area contributed by atoms with Gasteiger partial charge in [0.25, 0.3) is 5.03 Å². The van der Waals surface area contributed by atoms with Crippen LogP contribution in [-0.4, -0.2) is 0 Å². The van der Waals surface area contributed by atoms with Gasteiger partial charge in [-0.15, -0.1) is 3.96 Å². The molecule has 0 atom stereocenters. The zero-order chi connectivity index (χ0) is 13.9. The molecule has 0 spiro atoms. The fourth-order valence-electron chi connectivity index (χ4n) is 1.89. The highest BCUT2D eigenvalue weighted by atomic mass is 35.5. The smallest absolute Gasteiger partial charge is 0.130 e. The van der Waals surface area contributed by atoms with Gasteiger partial charge in [-0.05, 0) is 29.5 Å². The Labute approximate surface area is 132 Å². The number of benzene rings is 2. The number of hydrogen-bond donors (Lipinski definition) is 0. The second kappa shape index (κ2) is 6.00. The topological polar surface area (TPSA) is 3.88 Å². The fourth-order valence-corrected chi connectivity index (χ4v) is 4.13. The van der Waals surface area contributed by atoms with Crippen LogP contribution < -0.4 is 3.96 Å². The first-order valence-electron chi connectivity index (χ1n) is 6.22. The van der Waals surface area contributed by atoms with E-state index < -0.39 is 0 Å². The molecular formula is C16H13ClNS2+. The van der Waals surface area contributed by atoms with Crippen molar-refractivity contribution in [3.63, 3.8) is 0 Å². The van der Waals surface area contributed by atoms with Crippen molar-refractivity contribution in [3.05, 3.63) is 65.7 Å². The van der Waals surface area contributed by atoms with E-state index in [1.165, 1.54) is 15.5 Å². The summed E-state index contributed by atoms with van der Waals surface area (Å²) in [6, 6.07) is 20.6. The molecule has 0 amide bonds. The van der Waals surface area contributed by atoms with E-state index in [-0.39, 0.29) is 0 Å². The number of aryl methyl sites for hydroxylation is 1. The van der Waals surface area contributed by atoms with Gasteiger partial charge in [0.2, 0.25) is 0 Å². The highest BCUT2D eigenvalue weighted by Crippen LogP contribution is 2.34. The van der Waals surface area contributed by atoms with Gasteiger partial charge < -0.3 is 0 Å². The van der Waals surface area contributed by atoms with Crippen LogP contribution in [0.3, 0.4) is 0 Å². The Morgan fingerprint density at radius 2 is 1.70 bits per heavy atom. The average Bonchev–Trinajstić information content (AvgIpc) is 2.84. The third-order valence-corrected chi connectivity index (χ3v) is 5.66. The second-order valence-electron chi connectivity index (χ2n) is 4.33. The van der Waals surface area contributed by atoms with Crippen molar-refractivity contribution in [2.24, 2.45) is 7.05 Å². The Kier molecular flexibility index (Phi) is 4.10. The molecule has 0 N–H and O–H groups in total. The molecule has 0 aliphatic rings. The minimum atomic E-state index is 0.796. The summed E-state index contributed by atoms with van der Waals surface area (Å²) in [4.78, 5) is 2.35. The Morgan fingerprint density at radius 3 is 2.45 bits per heavy atom. The van der Waals surface area contributed by atoms with E-state index in [9.17, 15) is 0 Å². The molecule has 3 aromatic rings. The Hall–Kier alpha value is -1.29. The lowest BCUT2D eigenvalue weighted by atomic mass is 10.2. The van der Waals surface area contributed by atoms with Gasteiger partial charge in [0.1, 0.15) is 16.4 Å². The lowest BCUT2D eigenvalue weighted by Crippen LogP contribution is -2.23. The molecule has 0 aliphatic carbocycles. The summed E-state index contributed by atoms with van der Waals surface area (Å²) in [6.45, 7) is 0. The number of rotatable bonds is 3. The van der Waals surface area contributed by atoms with Gasteiger partial charge >= 0.3 is 0 Å². The van der Waals surface area contributed by atoms with E-state index in [4.69, 9.17) is 11.6 Å². The molecular weight excluding hydrogens is 306 g/mol. The zero-order valence-electron chi connectivity index (χ0n) is 10.9. The van der Waals surface area contributed by atoms with Crippen LogP contribution in [0.5, 0.6) is 0 Å². The predicted molar refractivity (Wildman–Crippen MR) is 86.5 cm³/mol. The average molecular weight is 319 g/mol. The van der Waals surface area contributed by atoms with E-state index >= 15 is 0 Å². The lowest BCUT2D eigenvalue weighted by molar-refractivity contribution is -0.640. The normalized spacial score (nSPS) is 10.7. The van der Waals surface area contributed by atoms with Crippen molar-refractivity contribution in [3.8, 4) is 10.4 Å². The van der Waals surface area contributed by atoms with Crippen molar-refractivity contribution in [1.82, 2.24) is 0 Å². The van der Waals surface area contributed by atoms with E-state index in [0.29, 0.717) is 0 Å². The second-order valence-corrected chi connectivity index (χ2v) is 6.97. The molecule has 2 aromatic carbocycles. The molecule has 0 radical (unpaired) electrons. The fraction of sp³-hybridized carbons (Fsp3) is 0.0625. The maximum atomic E-state index is 6.22. The monoisotopic (exact) mass is 318 g/mol. The molecule has 1 nitrogen and oxygen atoms in total. The quantitative estimate of drug-likeness (QED) is 0.612. The van der Waals surface area contributed by atoms with Crippen LogP contribution >= 0.6 is 34.9 Å². The molecule has 3 rings (SSSR count). The van der Waals surface area contributed by atoms with Crippen molar-refractivity contribution >= 4 is 34.9 Å². The van der Waals surface area contributed by atoms with Gasteiger partial charge in [-0.1, -0.05) is 54.1 Å². The molecule has 0 fully saturated rings. The molecule has 0 bridgehead atoms. The Balaban J connectivity index is 1.92. The summed E-state index contributed by atoms with van der Waals surface area (Å²) in [5.41, 5.74) is 1.25. The highest BCUT2D eigenvalue weighted by Gasteiger charge is 2.17. The third-order valence-electron chi connectivity index (χ3n) is 2.91. The van der Waals surface area contributed by atoms with Crippen LogP contribution in [0.4, 0.5) is 0 Å². The van der Waals surface area contributed by atoms with Crippen LogP contribution in [0, 0.1) is 0 Å². The summed E-state index contributed by atoms with van der Waals surface area (Å²) >= 11 is 9.67. The van der Waals surface area contributed by atoms with Crippen molar-refractivity contribution < 1.29 is 3.96 Å². The Bertz CT molecular complexity index is 722. The van der Waals surface area contributed by atoms with Gasteiger partial charge in [0.05, 0.1) is 5.02 Å². The van der Waals surface area contributed by atoms with Crippen LogP contribution in [0.25, 0.3) is 10.4 Å². The summed E-state index contributed by atoms with van der Waals surface area (Å²) in [5.74, 6) is 0. The summed E-state index contributed by atoms with van der Waals surface area (Å²) in [5, 5.41) is 1.99. The maximum absolute atomic E-state index is 6.22. The van der Waals surface area contributed by atoms with Crippen molar-refractivity contribution in [2.45, 2.75) is 9.92 Å². The molecule has 0 aliphatic heterocycles. The zero-order valence-corrected chi connectivity index (χ0v) is 13.3. The van der Waals surface area contributed by atoms with Crippen LogP contribution in [0.15, 0.2) is 70.6 Å². The molecule has 1 aromatic heterocycles. The number of halogens is 1. The first kappa shape index (κ1) is 13.7. The van der Waals surface area contributed by atoms with Gasteiger partial charge in [0, 0.05) is 11.0 Å². The standard InChI is InChI=1S/C16H13ClNS2/c1-18-16(19-14-10-6-5-9-13(14)17)11-15(20-18)12-7-3-2-4-8-12/h2-11H,1H3/q+1. The molecule has 4 heteroatoms. The maximum Gasteiger partial charge on any atom is 0.259 e. The van der Waals surface area contributed by atoms with Gasteiger partial charge in [0.15, 0.2) is 7.05 Å². The van der Waals surface area contributed by atoms with Crippen molar-refractivity contribution in [2.75, 3.05) is 0 Å². The van der Waals surface area contributed by atoms with E-state index in [1.807, 2.05) is 30.3 Å². The van der Waals surface area contributed by atoms with E-state index in [1.54, 1.807) is 23.3 Å². The molecule has 0 saturated heterocycles. The van der Waals surface area contributed by atoms with Crippen LogP contribution in [-0.2, 0) is 7.05 Å². The lowest BCUT2D eigenvalue weighted by Gasteiger charge is -1.98. The molecule has 1 heterocycles. The van der Waals surface area contributed by atoms with Crippen molar-refractivity contribution in [1.29, 1.82) is 0 Å². The number of hydrogen-bond acceptors (Lipinski definition) is 2. The first-order chi connectivity index (χ1) is 9.74. The van der Waals surface area contributed by atoms with Gasteiger partial charge in [-0.2, -0.15) is 0 Å². The van der Waals surface area contributed by atoms with E-state index in [2.05, 4.69) is 41.3 Å². The largest absolute Gasteiger partial charge is 0.259 e. The van der Waals surface area contributed by atoms with E-state index in [0.717, 1.165) is 9.92 Å². The molecule has 0 unspecified atom stereocenters. The molecule has 0 saturated carbocycles.